The predicted octanol–water partition coefficient (Wildman–Crippen LogP) is 0.967. The van der Waals surface area contributed by atoms with E-state index in [-0.39, 0.29) is 10.2 Å². The first kappa shape index (κ1) is 14.1. The summed E-state index contributed by atoms with van der Waals surface area (Å²) in [4.78, 5) is 0. The minimum absolute atomic E-state index is 0.110. The molecule has 112 valence electrons. The fourth-order valence-corrected chi connectivity index (χ4v) is 3.90. The van der Waals surface area contributed by atoms with Crippen molar-refractivity contribution in [2.75, 3.05) is 19.6 Å². The van der Waals surface area contributed by atoms with Crippen molar-refractivity contribution in [3.8, 4) is 0 Å². The maximum absolute atomic E-state index is 12.5. The Bertz CT molecular complexity index is 449. The SMILES string of the molecule is CC(C)(C)[S@@+]([O-])NC1=C2C=CNN2CC12CCNCC2. The van der Waals surface area contributed by atoms with E-state index in [1.54, 1.807) is 0 Å². The molecule has 0 saturated carbocycles. The summed E-state index contributed by atoms with van der Waals surface area (Å²) in [6.45, 7) is 9.03. The van der Waals surface area contributed by atoms with Crippen molar-refractivity contribution in [1.82, 2.24) is 20.5 Å². The van der Waals surface area contributed by atoms with Crippen LogP contribution in [0.3, 0.4) is 0 Å². The fraction of sp³-hybridized carbons (Fsp3) is 0.714. The zero-order chi connectivity index (χ0) is 14.4. The van der Waals surface area contributed by atoms with Gasteiger partial charge in [-0.1, -0.05) is 0 Å². The first-order valence-electron chi connectivity index (χ1n) is 7.27. The van der Waals surface area contributed by atoms with Crippen molar-refractivity contribution in [2.24, 2.45) is 5.41 Å². The minimum atomic E-state index is -1.08. The third-order valence-electron chi connectivity index (χ3n) is 4.32. The molecule has 1 spiro atoms. The molecule has 3 aliphatic rings. The highest BCUT2D eigenvalue weighted by Gasteiger charge is 2.48. The summed E-state index contributed by atoms with van der Waals surface area (Å²) < 4.78 is 15.6. The molecule has 0 aliphatic carbocycles. The summed E-state index contributed by atoms with van der Waals surface area (Å²) in [6.07, 6.45) is 6.21. The summed E-state index contributed by atoms with van der Waals surface area (Å²) in [5, 5.41) is 5.60. The van der Waals surface area contributed by atoms with Gasteiger partial charge < -0.3 is 15.3 Å². The van der Waals surface area contributed by atoms with Crippen LogP contribution in [-0.4, -0.2) is 33.9 Å². The van der Waals surface area contributed by atoms with Crippen LogP contribution in [0.25, 0.3) is 0 Å². The molecular formula is C14H24N4OS. The minimum Gasteiger partial charge on any atom is -0.593 e. The number of rotatable bonds is 2. The molecule has 3 rings (SSSR count). The van der Waals surface area contributed by atoms with Crippen LogP contribution in [0.1, 0.15) is 33.6 Å². The van der Waals surface area contributed by atoms with E-state index in [1.807, 2.05) is 27.0 Å². The molecule has 0 aromatic carbocycles. The topological polar surface area (TPSA) is 62.4 Å². The van der Waals surface area contributed by atoms with Crippen molar-refractivity contribution in [2.45, 2.75) is 38.4 Å². The van der Waals surface area contributed by atoms with Gasteiger partial charge in [0.25, 0.3) is 0 Å². The van der Waals surface area contributed by atoms with E-state index < -0.39 is 11.4 Å². The molecule has 1 atom stereocenters. The maximum atomic E-state index is 12.5. The van der Waals surface area contributed by atoms with Gasteiger partial charge in [-0.15, -0.1) is 0 Å². The van der Waals surface area contributed by atoms with E-state index in [9.17, 15) is 4.55 Å². The number of hydrogen-bond acceptors (Lipinski definition) is 5. The number of nitrogens with one attached hydrogen (secondary N) is 3. The summed E-state index contributed by atoms with van der Waals surface area (Å²) in [6, 6.07) is 0. The van der Waals surface area contributed by atoms with Gasteiger partial charge in [0.15, 0.2) is 0 Å². The van der Waals surface area contributed by atoms with Gasteiger partial charge in [0.05, 0.1) is 29.3 Å². The van der Waals surface area contributed by atoms with Crippen molar-refractivity contribution < 1.29 is 4.55 Å². The summed E-state index contributed by atoms with van der Waals surface area (Å²) >= 11 is -1.08. The van der Waals surface area contributed by atoms with E-state index in [0.29, 0.717) is 0 Å². The van der Waals surface area contributed by atoms with Crippen LogP contribution in [0.5, 0.6) is 0 Å². The van der Waals surface area contributed by atoms with E-state index >= 15 is 0 Å². The van der Waals surface area contributed by atoms with Gasteiger partial charge >= 0.3 is 0 Å². The van der Waals surface area contributed by atoms with Crippen molar-refractivity contribution in [3.63, 3.8) is 0 Å². The monoisotopic (exact) mass is 296 g/mol. The molecule has 20 heavy (non-hydrogen) atoms. The number of nitrogens with zero attached hydrogens (tertiary/aromatic N) is 1. The van der Waals surface area contributed by atoms with Crippen molar-refractivity contribution >= 4 is 11.4 Å². The molecule has 1 saturated heterocycles. The van der Waals surface area contributed by atoms with Gasteiger partial charge in [0, 0.05) is 11.6 Å². The van der Waals surface area contributed by atoms with Gasteiger partial charge in [-0.05, 0) is 52.8 Å². The summed E-state index contributed by atoms with van der Waals surface area (Å²) in [5.74, 6) is 0. The average molecular weight is 296 g/mol. The molecule has 5 nitrogen and oxygen atoms in total. The van der Waals surface area contributed by atoms with E-state index in [1.165, 1.54) is 0 Å². The van der Waals surface area contributed by atoms with Crippen LogP contribution in [-0.2, 0) is 11.4 Å². The van der Waals surface area contributed by atoms with Crippen LogP contribution in [0, 0.1) is 5.41 Å². The molecule has 0 radical (unpaired) electrons. The lowest BCUT2D eigenvalue weighted by molar-refractivity contribution is 0.190. The second-order valence-corrected chi connectivity index (χ2v) is 8.79. The zero-order valence-corrected chi connectivity index (χ0v) is 13.3. The molecular weight excluding hydrogens is 272 g/mol. The maximum Gasteiger partial charge on any atom is 0.142 e. The molecule has 0 aromatic rings. The number of fused-ring (bicyclic) bond motifs is 1. The third kappa shape index (κ3) is 2.29. The second kappa shape index (κ2) is 4.86. The Balaban J connectivity index is 1.90. The lowest BCUT2D eigenvalue weighted by Crippen LogP contribution is -2.47. The van der Waals surface area contributed by atoms with Gasteiger partial charge in [-0.25, -0.2) is 4.72 Å². The number of hydrogen-bond donors (Lipinski definition) is 3. The van der Waals surface area contributed by atoms with E-state index in [2.05, 4.69) is 26.5 Å². The Morgan fingerprint density at radius 3 is 2.70 bits per heavy atom. The lowest BCUT2D eigenvalue weighted by atomic mass is 9.77. The van der Waals surface area contributed by atoms with E-state index in [4.69, 9.17) is 0 Å². The number of hydrazine groups is 1. The highest BCUT2D eigenvalue weighted by molar-refractivity contribution is 7.90. The Labute approximate surface area is 124 Å². The molecule has 0 amide bonds. The number of allylic oxidation sites excluding steroid dienone is 1. The predicted molar refractivity (Wildman–Crippen MR) is 81.6 cm³/mol. The van der Waals surface area contributed by atoms with Gasteiger partial charge in [-0.2, -0.15) is 0 Å². The zero-order valence-electron chi connectivity index (χ0n) is 12.5. The molecule has 3 heterocycles. The second-order valence-electron chi connectivity index (χ2n) is 6.82. The van der Waals surface area contributed by atoms with Crippen LogP contribution >= 0.6 is 0 Å². The molecule has 3 aliphatic heterocycles. The smallest absolute Gasteiger partial charge is 0.142 e. The molecule has 3 N–H and O–H groups in total. The Hall–Kier alpha value is -0.850. The molecule has 0 aromatic heterocycles. The van der Waals surface area contributed by atoms with Crippen molar-refractivity contribution in [3.05, 3.63) is 23.7 Å². The number of piperidine rings is 1. The normalized spacial score (nSPS) is 25.9. The Kier molecular flexibility index (Phi) is 3.43. The van der Waals surface area contributed by atoms with Crippen LogP contribution in [0.4, 0.5) is 0 Å². The highest BCUT2D eigenvalue weighted by Crippen LogP contribution is 2.45. The average Bonchev–Trinajstić information content (AvgIpc) is 2.91. The standard InChI is InChI=1S/C14H24N4OS/c1-13(2,3)20(19)17-12-11-4-7-16-18(11)10-14(12)5-8-15-9-6-14/h4,7,15-17H,5-6,8-10H2,1-3H3/t20-/m1/s1. The van der Waals surface area contributed by atoms with Crippen LogP contribution < -0.4 is 15.5 Å². The Morgan fingerprint density at radius 1 is 1.35 bits per heavy atom. The first-order chi connectivity index (χ1) is 9.42. The van der Waals surface area contributed by atoms with E-state index in [0.717, 1.165) is 43.9 Å². The lowest BCUT2D eigenvalue weighted by Gasteiger charge is -2.37. The van der Waals surface area contributed by atoms with Crippen LogP contribution in [0.15, 0.2) is 23.7 Å². The molecule has 1 fully saturated rings. The fourth-order valence-electron chi connectivity index (χ4n) is 3.09. The quantitative estimate of drug-likeness (QED) is 0.663. The van der Waals surface area contributed by atoms with Crippen molar-refractivity contribution in [1.29, 1.82) is 0 Å². The third-order valence-corrected chi connectivity index (χ3v) is 5.82. The Morgan fingerprint density at radius 2 is 2.05 bits per heavy atom. The molecule has 0 bridgehead atoms. The first-order valence-corrected chi connectivity index (χ1v) is 8.42. The van der Waals surface area contributed by atoms with Gasteiger partial charge in [0.2, 0.25) is 0 Å². The summed E-state index contributed by atoms with van der Waals surface area (Å²) in [5.41, 5.74) is 5.70. The molecule has 6 heteroatoms. The summed E-state index contributed by atoms with van der Waals surface area (Å²) in [7, 11) is 0. The highest BCUT2D eigenvalue weighted by atomic mass is 32.2. The molecule has 0 unspecified atom stereocenters. The van der Waals surface area contributed by atoms with Gasteiger partial charge in [-0.3, -0.25) is 5.01 Å². The largest absolute Gasteiger partial charge is 0.593 e. The van der Waals surface area contributed by atoms with Crippen LogP contribution in [0.2, 0.25) is 0 Å². The van der Waals surface area contributed by atoms with Gasteiger partial charge in [0.1, 0.15) is 4.75 Å².